The number of anilines is 2. The first-order chi connectivity index (χ1) is 12.1. The molecule has 2 aromatic rings. The van der Waals surface area contributed by atoms with Crippen molar-refractivity contribution in [1.29, 1.82) is 0 Å². The minimum absolute atomic E-state index is 0.0928. The molecule has 0 heterocycles. The smallest absolute Gasteiger partial charge is 0.410 e. The van der Waals surface area contributed by atoms with Gasteiger partial charge < -0.3 is 10.1 Å². The summed E-state index contributed by atoms with van der Waals surface area (Å²) in [5.74, 6) is 0.274. The predicted molar refractivity (Wildman–Crippen MR) is 100 cm³/mol. The molecule has 0 fully saturated rings. The monoisotopic (exact) mass is 340 g/mol. The molecule has 0 unspecified atom stereocenters. The zero-order valence-electron chi connectivity index (χ0n) is 14.7. The van der Waals surface area contributed by atoms with Gasteiger partial charge in [-0.25, -0.2) is 4.79 Å². The Balaban J connectivity index is 1.91. The van der Waals surface area contributed by atoms with Gasteiger partial charge in [0.15, 0.2) is 0 Å². The van der Waals surface area contributed by atoms with E-state index in [9.17, 15) is 9.59 Å². The summed E-state index contributed by atoms with van der Waals surface area (Å²) >= 11 is 0. The molecule has 0 saturated carbocycles. The molecule has 0 bridgehead atoms. The van der Waals surface area contributed by atoms with Crippen LogP contribution in [0.4, 0.5) is 16.2 Å². The quantitative estimate of drug-likeness (QED) is 0.746. The third kappa shape index (κ3) is 6.30. The largest absolute Gasteiger partial charge is 0.417 e. The number of hydrogen-bond donors (Lipinski definition) is 2. The standard InChI is InChI=1S/C20H24N2O3/c1-3-5-7-15-10-12-16(13-11-15)22-20(24)25-18-9-6-8-17(14-18)21-19(23)4-2/h6,8-14H,3-5,7H2,1-2H3,(H,21,23)(H,22,24). The number of carbonyl (C=O) groups is 2. The van der Waals surface area contributed by atoms with Crippen molar-refractivity contribution < 1.29 is 14.3 Å². The van der Waals surface area contributed by atoms with E-state index < -0.39 is 6.09 Å². The Kier molecular flexibility index (Phi) is 7.01. The van der Waals surface area contributed by atoms with Crippen LogP contribution in [0.1, 0.15) is 38.7 Å². The lowest BCUT2D eigenvalue weighted by atomic mass is 10.1. The van der Waals surface area contributed by atoms with Crippen LogP contribution < -0.4 is 15.4 Å². The zero-order valence-corrected chi connectivity index (χ0v) is 14.7. The van der Waals surface area contributed by atoms with E-state index >= 15 is 0 Å². The molecule has 132 valence electrons. The minimum atomic E-state index is -0.569. The van der Waals surface area contributed by atoms with Crippen molar-refractivity contribution in [2.45, 2.75) is 39.5 Å². The highest BCUT2D eigenvalue weighted by Crippen LogP contribution is 2.19. The molecule has 5 heteroatoms. The first-order valence-corrected chi connectivity index (χ1v) is 8.58. The van der Waals surface area contributed by atoms with Gasteiger partial charge in [-0.15, -0.1) is 0 Å². The summed E-state index contributed by atoms with van der Waals surface area (Å²) in [4.78, 5) is 23.4. The molecule has 2 rings (SSSR count). The molecular weight excluding hydrogens is 316 g/mol. The van der Waals surface area contributed by atoms with Gasteiger partial charge >= 0.3 is 6.09 Å². The van der Waals surface area contributed by atoms with Crippen molar-refractivity contribution in [2.24, 2.45) is 0 Å². The highest BCUT2D eigenvalue weighted by Gasteiger charge is 2.07. The molecule has 2 N–H and O–H groups in total. The van der Waals surface area contributed by atoms with Crippen LogP contribution in [0, 0.1) is 0 Å². The van der Waals surface area contributed by atoms with Crippen LogP contribution in [0.2, 0.25) is 0 Å². The van der Waals surface area contributed by atoms with Gasteiger partial charge in [-0.1, -0.05) is 38.5 Å². The Labute approximate surface area is 148 Å². The Morgan fingerprint density at radius 2 is 1.72 bits per heavy atom. The topological polar surface area (TPSA) is 67.4 Å². The molecule has 0 aliphatic carbocycles. The lowest BCUT2D eigenvalue weighted by Gasteiger charge is -2.09. The number of benzene rings is 2. The Morgan fingerprint density at radius 1 is 0.960 bits per heavy atom. The molecule has 0 aliphatic rings. The van der Waals surface area contributed by atoms with Crippen LogP contribution in [-0.4, -0.2) is 12.0 Å². The summed E-state index contributed by atoms with van der Waals surface area (Å²) in [7, 11) is 0. The van der Waals surface area contributed by atoms with Crippen molar-refractivity contribution in [2.75, 3.05) is 10.6 Å². The Hall–Kier alpha value is -2.82. The number of hydrogen-bond acceptors (Lipinski definition) is 3. The van der Waals surface area contributed by atoms with Crippen LogP contribution in [0.25, 0.3) is 0 Å². The highest BCUT2D eigenvalue weighted by molar-refractivity contribution is 5.91. The van der Waals surface area contributed by atoms with Crippen LogP contribution in [0.3, 0.4) is 0 Å². The molecule has 25 heavy (non-hydrogen) atoms. The van der Waals surface area contributed by atoms with E-state index in [4.69, 9.17) is 4.74 Å². The number of carbonyl (C=O) groups excluding carboxylic acids is 2. The van der Waals surface area contributed by atoms with Gasteiger partial charge in [-0.2, -0.15) is 0 Å². The van der Waals surface area contributed by atoms with E-state index in [-0.39, 0.29) is 5.91 Å². The number of ether oxygens (including phenoxy) is 1. The van der Waals surface area contributed by atoms with Crippen LogP contribution in [0.15, 0.2) is 48.5 Å². The summed E-state index contributed by atoms with van der Waals surface area (Å²) in [6, 6.07) is 14.5. The average molecular weight is 340 g/mol. The van der Waals surface area contributed by atoms with E-state index in [1.807, 2.05) is 24.3 Å². The molecule has 0 aromatic heterocycles. The Bertz CT molecular complexity index is 711. The number of amides is 2. The minimum Gasteiger partial charge on any atom is -0.410 e. The van der Waals surface area contributed by atoms with Gasteiger partial charge in [0.2, 0.25) is 5.91 Å². The SMILES string of the molecule is CCCCc1ccc(NC(=O)Oc2cccc(NC(=O)CC)c2)cc1. The van der Waals surface area contributed by atoms with Gasteiger partial charge in [0.1, 0.15) is 5.75 Å². The third-order valence-corrected chi connectivity index (χ3v) is 3.67. The first-order valence-electron chi connectivity index (χ1n) is 8.58. The van der Waals surface area contributed by atoms with Crippen LogP contribution >= 0.6 is 0 Å². The van der Waals surface area contributed by atoms with E-state index in [0.717, 1.165) is 19.3 Å². The lowest BCUT2D eigenvalue weighted by molar-refractivity contribution is -0.115. The van der Waals surface area contributed by atoms with Crippen LogP contribution in [-0.2, 0) is 11.2 Å². The molecule has 0 spiro atoms. The Morgan fingerprint density at radius 3 is 2.40 bits per heavy atom. The molecule has 0 atom stereocenters. The molecule has 2 amide bonds. The molecule has 0 aliphatic heterocycles. The first kappa shape index (κ1) is 18.5. The summed E-state index contributed by atoms with van der Waals surface area (Å²) in [6.45, 7) is 3.94. The summed E-state index contributed by atoms with van der Waals surface area (Å²) in [5.41, 5.74) is 2.53. The third-order valence-electron chi connectivity index (χ3n) is 3.67. The summed E-state index contributed by atoms with van der Waals surface area (Å²) in [6.07, 6.45) is 3.17. The molecule has 0 radical (unpaired) electrons. The van der Waals surface area contributed by atoms with Crippen molar-refractivity contribution in [3.8, 4) is 5.75 Å². The fourth-order valence-corrected chi connectivity index (χ4v) is 2.27. The van der Waals surface area contributed by atoms with Gasteiger partial charge in [0, 0.05) is 23.9 Å². The lowest BCUT2D eigenvalue weighted by Crippen LogP contribution is -2.17. The molecule has 5 nitrogen and oxygen atoms in total. The maximum atomic E-state index is 12.0. The molecular formula is C20H24N2O3. The maximum Gasteiger partial charge on any atom is 0.417 e. The van der Waals surface area contributed by atoms with Gasteiger partial charge in [-0.05, 0) is 42.7 Å². The normalized spacial score (nSPS) is 10.2. The van der Waals surface area contributed by atoms with Gasteiger partial charge in [0.05, 0.1) is 0 Å². The van der Waals surface area contributed by atoms with Crippen molar-refractivity contribution in [3.63, 3.8) is 0 Å². The second kappa shape index (κ2) is 9.47. The van der Waals surface area contributed by atoms with Gasteiger partial charge in [0.25, 0.3) is 0 Å². The second-order valence-corrected chi connectivity index (χ2v) is 5.74. The second-order valence-electron chi connectivity index (χ2n) is 5.74. The summed E-state index contributed by atoms with van der Waals surface area (Å²) < 4.78 is 5.27. The zero-order chi connectivity index (χ0) is 18.1. The maximum absolute atomic E-state index is 12.0. The molecule has 0 saturated heterocycles. The predicted octanol–water partition coefficient (Wildman–Crippen LogP) is 4.99. The van der Waals surface area contributed by atoms with E-state index in [0.29, 0.717) is 23.5 Å². The van der Waals surface area contributed by atoms with Crippen LogP contribution in [0.5, 0.6) is 5.75 Å². The number of unbranched alkanes of at least 4 members (excludes halogenated alkanes) is 1. The van der Waals surface area contributed by atoms with E-state index in [2.05, 4.69) is 17.6 Å². The van der Waals surface area contributed by atoms with Crippen molar-refractivity contribution in [3.05, 3.63) is 54.1 Å². The summed E-state index contributed by atoms with van der Waals surface area (Å²) in [5, 5.41) is 5.42. The van der Waals surface area contributed by atoms with Crippen molar-refractivity contribution >= 4 is 23.4 Å². The average Bonchev–Trinajstić information content (AvgIpc) is 2.61. The fourth-order valence-electron chi connectivity index (χ4n) is 2.27. The number of aryl methyl sites for hydroxylation is 1. The van der Waals surface area contributed by atoms with E-state index in [1.54, 1.807) is 31.2 Å². The van der Waals surface area contributed by atoms with Crippen molar-refractivity contribution in [1.82, 2.24) is 0 Å². The fraction of sp³-hybridized carbons (Fsp3) is 0.300. The number of rotatable bonds is 7. The number of nitrogens with one attached hydrogen (secondary N) is 2. The van der Waals surface area contributed by atoms with Gasteiger partial charge in [-0.3, -0.25) is 10.1 Å². The highest BCUT2D eigenvalue weighted by atomic mass is 16.6. The molecule has 2 aromatic carbocycles. The van der Waals surface area contributed by atoms with E-state index in [1.165, 1.54) is 5.56 Å².